The van der Waals surface area contributed by atoms with Gasteiger partial charge in [0.15, 0.2) is 5.11 Å². The van der Waals surface area contributed by atoms with Crippen LogP contribution in [0.1, 0.15) is 63.5 Å². The zero-order chi connectivity index (χ0) is 44.8. The first-order valence-electron chi connectivity index (χ1n) is 20.9. The Hall–Kier alpha value is -6.07. The van der Waals surface area contributed by atoms with Crippen LogP contribution in [0.3, 0.4) is 0 Å². The minimum absolute atomic E-state index is 0.00192. The van der Waals surface area contributed by atoms with Gasteiger partial charge in [0.25, 0.3) is 5.91 Å². The first-order chi connectivity index (χ1) is 30.0. The number of methoxy groups -OCH3 is 1. The number of benzene rings is 3. The zero-order valence-corrected chi connectivity index (χ0v) is 37.0. The standard InChI is InChI=1S/C46H50N6O9S2/c1-6-27-23-46(27,42(55)51-63(57,58)30-16-17-30)50-39(53)37-22-29(61-40-31-18-15-28(59-5)21-26(31)19-20-47-40)24-52(37)41(54)38(45(2,3)4)48-43(62)49-44(56)60-25-36-34-13-9-7-11-32(34)33-12-8-10-14-35(33)36/h6-15,18-21,27,29-30,36-38H,1,16-17,22-25H2,2-5H3,(H,50,53)(H,51,55)(H2,48,49,56,62)/t27-,29-,37+,38-,46-/m1/s1. The van der Waals surface area contributed by atoms with E-state index < -0.39 is 74.1 Å². The summed E-state index contributed by atoms with van der Waals surface area (Å²) in [4.78, 5) is 62.0. The number of likely N-dealkylation sites (tertiary alicyclic amines) is 1. The number of carbonyl (C=O) groups is 4. The Balaban J connectivity index is 1.00. The minimum atomic E-state index is -3.93. The number of fused-ring (bicyclic) bond motifs is 4. The number of nitrogens with one attached hydrogen (secondary N) is 4. The normalized spacial score (nSPS) is 21.9. The van der Waals surface area contributed by atoms with Gasteiger partial charge in [-0.3, -0.25) is 24.4 Å². The average molecular weight is 895 g/mol. The maximum absolute atomic E-state index is 14.9. The number of thiocarbonyl (C=S) groups is 1. The van der Waals surface area contributed by atoms with Crippen LogP contribution in [0.25, 0.3) is 21.9 Å². The van der Waals surface area contributed by atoms with Crippen LogP contribution in [0.2, 0.25) is 0 Å². The number of aromatic nitrogens is 1. The highest BCUT2D eigenvalue weighted by molar-refractivity contribution is 7.91. The van der Waals surface area contributed by atoms with Crippen molar-refractivity contribution in [1.82, 2.24) is 30.6 Å². The number of hydrogen-bond acceptors (Lipinski definition) is 11. The predicted octanol–water partition coefficient (Wildman–Crippen LogP) is 5.09. The molecule has 8 rings (SSSR count). The molecule has 1 aromatic heterocycles. The van der Waals surface area contributed by atoms with Crippen LogP contribution in [0, 0.1) is 11.3 Å². The van der Waals surface area contributed by atoms with E-state index >= 15 is 0 Å². The lowest BCUT2D eigenvalue weighted by Crippen LogP contribution is -2.61. The van der Waals surface area contributed by atoms with Gasteiger partial charge in [0.2, 0.25) is 27.7 Å². The highest BCUT2D eigenvalue weighted by Crippen LogP contribution is 2.46. The van der Waals surface area contributed by atoms with E-state index in [0.29, 0.717) is 24.0 Å². The molecule has 0 radical (unpaired) electrons. The number of rotatable bonds is 13. The molecule has 1 saturated heterocycles. The topological polar surface area (TPSA) is 194 Å². The van der Waals surface area contributed by atoms with E-state index in [1.54, 1.807) is 19.4 Å². The Morgan fingerprint density at radius 1 is 1.02 bits per heavy atom. The van der Waals surface area contributed by atoms with Gasteiger partial charge in [0, 0.05) is 29.8 Å². The minimum Gasteiger partial charge on any atom is -0.497 e. The largest absolute Gasteiger partial charge is 0.497 e. The average Bonchev–Trinajstić information content (AvgIpc) is 4.17. The fourth-order valence-electron chi connectivity index (χ4n) is 8.61. The third kappa shape index (κ3) is 8.80. The first kappa shape index (κ1) is 43.6. The van der Waals surface area contributed by atoms with Crippen molar-refractivity contribution >= 4 is 61.9 Å². The van der Waals surface area contributed by atoms with Crippen molar-refractivity contribution in [3.63, 3.8) is 0 Å². The van der Waals surface area contributed by atoms with E-state index in [4.69, 9.17) is 26.4 Å². The van der Waals surface area contributed by atoms with Gasteiger partial charge in [0.1, 0.15) is 36.1 Å². The van der Waals surface area contributed by atoms with Gasteiger partial charge in [-0.15, -0.1) is 6.58 Å². The molecular formula is C46H50N6O9S2. The van der Waals surface area contributed by atoms with E-state index in [0.717, 1.165) is 27.6 Å². The van der Waals surface area contributed by atoms with Gasteiger partial charge in [-0.2, -0.15) is 0 Å². The lowest BCUT2D eigenvalue weighted by Gasteiger charge is -2.36. The van der Waals surface area contributed by atoms with E-state index in [1.807, 2.05) is 87.5 Å². The molecule has 4 aliphatic rings. The van der Waals surface area contributed by atoms with E-state index in [9.17, 15) is 27.6 Å². The molecule has 4 aromatic rings. The van der Waals surface area contributed by atoms with Gasteiger partial charge < -0.3 is 29.7 Å². The Morgan fingerprint density at radius 3 is 2.32 bits per heavy atom. The summed E-state index contributed by atoms with van der Waals surface area (Å²) < 4.78 is 45.3. The van der Waals surface area contributed by atoms with Crippen LogP contribution >= 0.6 is 12.2 Å². The van der Waals surface area contributed by atoms with Crippen molar-refractivity contribution in [2.75, 3.05) is 20.3 Å². The number of amides is 4. The van der Waals surface area contributed by atoms with Crippen LogP contribution in [0.4, 0.5) is 4.79 Å². The van der Waals surface area contributed by atoms with E-state index in [-0.39, 0.29) is 42.9 Å². The van der Waals surface area contributed by atoms with Crippen molar-refractivity contribution in [2.24, 2.45) is 11.3 Å². The quantitative estimate of drug-likeness (QED) is 0.103. The third-order valence-corrected chi connectivity index (χ3v) is 14.3. The second kappa shape index (κ2) is 16.9. The van der Waals surface area contributed by atoms with Gasteiger partial charge in [-0.25, -0.2) is 18.2 Å². The Bertz CT molecular complexity index is 2580. The highest BCUT2D eigenvalue weighted by atomic mass is 32.2. The summed E-state index contributed by atoms with van der Waals surface area (Å²) in [5.41, 5.74) is 1.84. The molecule has 2 heterocycles. The maximum atomic E-state index is 14.9. The number of ether oxygens (including phenoxy) is 3. The molecule has 3 aliphatic carbocycles. The Morgan fingerprint density at radius 2 is 1.70 bits per heavy atom. The second-order valence-corrected chi connectivity index (χ2v) is 20.0. The molecule has 0 spiro atoms. The van der Waals surface area contributed by atoms with Crippen LogP contribution in [0.5, 0.6) is 11.6 Å². The number of pyridine rings is 1. The van der Waals surface area contributed by atoms with E-state index in [2.05, 4.69) is 32.2 Å². The maximum Gasteiger partial charge on any atom is 0.413 e. The molecule has 3 aromatic carbocycles. The summed E-state index contributed by atoms with van der Waals surface area (Å²) in [5, 5.41) is 9.04. The van der Waals surface area contributed by atoms with Crippen LogP contribution < -0.4 is 30.1 Å². The first-order valence-corrected chi connectivity index (χ1v) is 22.8. The predicted molar refractivity (Wildman–Crippen MR) is 239 cm³/mol. The van der Waals surface area contributed by atoms with Crippen molar-refractivity contribution in [3.8, 4) is 22.8 Å². The number of hydrogen-bond donors (Lipinski definition) is 4. The van der Waals surface area contributed by atoms with Gasteiger partial charge >= 0.3 is 6.09 Å². The van der Waals surface area contributed by atoms with Crippen LogP contribution in [-0.2, 0) is 29.1 Å². The molecule has 2 saturated carbocycles. The lowest BCUT2D eigenvalue weighted by atomic mass is 9.85. The molecule has 0 unspecified atom stereocenters. The summed E-state index contributed by atoms with van der Waals surface area (Å²) in [6, 6.07) is 20.9. The molecular weight excluding hydrogens is 845 g/mol. The molecule has 17 heteroatoms. The molecule has 3 fully saturated rings. The van der Waals surface area contributed by atoms with Gasteiger partial charge in [-0.05, 0) is 88.8 Å². The molecule has 0 bridgehead atoms. The SMILES string of the molecule is C=C[C@@H]1C[C@]1(NC(=O)[C@@H]1C[C@@H](Oc2nccc3cc(OC)ccc23)CN1C(=O)[C@@H](NC(=S)NC(=O)OCC1c2ccccc2-c2ccccc21)C(C)(C)C)C(=O)NS(=O)(=O)C1CC1. The molecule has 63 heavy (non-hydrogen) atoms. The fourth-order valence-corrected chi connectivity index (χ4v) is 10.2. The summed E-state index contributed by atoms with van der Waals surface area (Å²) in [7, 11) is -2.36. The molecule has 330 valence electrons. The van der Waals surface area contributed by atoms with Gasteiger partial charge in [-0.1, -0.05) is 75.4 Å². The van der Waals surface area contributed by atoms with Crippen molar-refractivity contribution < 1.29 is 41.8 Å². The lowest BCUT2D eigenvalue weighted by molar-refractivity contribution is -0.142. The van der Waals surface area contributed by atoms with E-state index in [1.165, 1.54) is 11.0 Å². The third-order valence-electron chi connectivity index (χ3n) is 12.3. The number of alkyl carbamates (subject to hydrolysis) is 1. The van der Waals surface area contributed by atoms with Crippen molar-refractivity contribution in [3.05, 3.63) is 103 Å². The second-order valence-electron chi connectivity index (χ2n) is 17.6. The number of nitrogens with zero attached hydrogens (tertiary/aromatic N) is 2. The summed E-state index contributed by atoms with van der Waals surface area (Å²) in [6.07, 6.45) is 2.55. The van der Waals surface area contributed by atoms with Crippen LogP contribution in [-0.4, -0.2) is 96.5 Å². The Labute approximate surface area is 371 Å². The monoisotopic (exact) mass is 894 g/mol. The molecule has 15 nitrogen and oxygen atoms in total. The Kier molecular flexibility index (Phi) is 11.7. The summed E-state index contributed by atoms with van der Waals surface area (Å²) >= 11 is 5.58. The fraction of sp³-hybridized carbons (Fsp3) is 0.391. The summed E-state index contributed by atoms with van der Waals surface area (Å²) in [5.74, 6) is -1.88. The number of sulfonamides is 1. The van der Waals surface area contributed by atoms with Crippen LogP contribution in [0.15, 0.2) is 91.6 Å². The summed E-state index contributed by atoms with van der Waals surface area (Å²) in [6.45, 7) is 9.21. The number of carbonyl (C=O) groups excluding carboxylic acids is 4. The highest BCUT2D eigenvalue weighted by Gasteiger charge is 2.62. The van der Waals surface area contributed by atoms with Crippen molar-refractivity contribution in [1.29, 1.82) is 0 Å². The molecule has 4 amide bonds. The zero-order valence-electron chi connectivity index (χ0n) is 35.4. The van der Waals surface area contributed by atoms with Crippen molar-refractivity contribution in [2.45, 2.75) is 81.3 Å². The molecule has 1 aliphatic heterocycles. The smallest absolute Gasteiger partial charge is 0.413 e. The van der Waals surface area contributed by atoms with Gasteiger partial charge in [0.05, 0.1) is 18.9 Å². The molecule has 4 N–H and O–H groups in total. The molecule has 5 atom stereocenters.